The Hall–Kier alpha value is -1.18. The van der Waals surface area contributed by atoms with E-state index in [1.807, 2.05) is 6.07 Å². The van der Waals surface area contributed by atoms with Crippen molar-refractivity contribution in [1.82, 2.24) is 0 Å². The maximum absolute atomic E-state index is 13.2. The van der Waals surface area contributed by atoms with Crippen molar-refractivity contribution in [3.63, 3.8) is 0 Å². The third kappa shape index (κ3) is 2.01. The molecule has 0 aromatic heterocycles. The first-order valence-corrected chi connectivity index (χ1v) is 5.89. The number of aldehydes is 1. The molecule has 0 spiro atoms. The van der Waals surface area contributed by atoms with Crippen LogP contribution in [0.1, 0.15) is 38.2 Å². The fraction of sp³-hybridized carbons (Fsp3) is 0.500. The van der Waals surface area contributed by atoms with Gasteiger partial charge in [0.2, 0.25) is 0 Å². The molecule has 0 atom stereocenters. The van der Waals surface area contributed by atoms with Crippen molar-refractivity contribution in [3.05, 3.63) is 35.6 Å². The van der Waals surface area contributed by atoms with Gasteiger partial charge in [-0.05, 0) is 49.3 Å². The quantitative estimate of drug-likeness (QED) is 0.697. The summed E-state index contributed by atoms with van der Waals surface area (Å²) in [6.07, 6.45) is 4.82. The van der Waals surface area contributed by atoms with Gasteiger partial charge in [0.25, 0.3) is 0 Å². The molecule has 0 saturated heterocycles. The fourth-order valence-electron chi connectivity index (χ4n) is 2.55. The molecule has 0 aliphatic heterocycles. The zero-order valence-corrected chi connectivity index (χ0v) is 9.58. The molecule has 2 heteroatoms. The number of benzene rings is 1. The number of carbonyl (C=O) groups excluding carboxylic acids is 1. The minimum atomic E-state index is -0.436. The largest absolute Gasteiger partial charge is 0.302 e. The molecule has 86 valence electrons. The van der Waals surface area contributed by atoms with Gasteiger partial charge in [-0.2, -0.15) is 0 Å². The minimum absolute atomic E-state index is 0.252. The highest BCUT2D eigenvalue weighted by atomic mass is 19.1. The van der Waals surface area contributed by atoms with Crippen LogP contribution >= 0.6 is 0 Å². The first-order valence-electron chi connectivity index (χ1n) is 5.89. The van der Waals surface area contributed by atoms with Crippen LogP contribution in [0, 0.1) is 11.7 Å². The Bertz CT molecular complexity index is 378. The molecule has 1 fully saturated rings. The lowest BCUT2D eigenvalue weighted by atomic mass is 9.68. The molecule has 1 nitrogen and oxygen atoms in total. The van der Waals surface area contributed by atoms with Gasteiger partial charge in [-0.1, -0.05) is 19.1 Å². The SMILES string of the molecule is CC1CCC(C=O)(c2cccc(F)c2)CC1. The van der Waals surface area contributed by atoms with Crippen LogP contribution in [0.4, 0.5) is 4.39 Å². The number of hydrogen-bond acceptors (Lipinski definition) is 1. The first kappa shape index (κ1) is 11.3. The van der Waals surface area contributed by atoms with E-state index in [9.17, 15) is 9.18 Å². The number of rotatable bonds is 2. The molecular weight excluding hydrogens is 203 g/mol. The second-order valence-electron chi connectivity index (χ2n) is 4.97. The molecule has 0 amide bonds. The zero-order valence-electron chi connectivity index (χ0n) is 9.58. The summed E-state index contributed by atoms with van der Waals surface area (Å²) in [5.41, 5.74) is 0.406. The normalized spacial score (nSPS) is 30.0. The van der Waals surface area contributed by atoms with Gasteiger partial charge >= 0.3 is 0 Å². The van der Waals surface area contributed by atoms with Crippen LogP contribution in [0.15, 0.2) is 24.3 Å². The number of halogens is 1. The van der Waals surface area contributed by atoms with Crippen molar-refractivity contribution < 1.29 is 9.18 Å². The highest BCUT2D eigenvalue weighted by Gasteiger charge is 2.35. The fourth-order valence-corrected chi connectivity index (χ4v) is 2.55. The van der Waals surface area contributed by atoms with Crippen LogP contribution in [-0.2, 0) is 10.2 Å². The van der Waals surface area contributed by atoms with Gasteiger partial charge in [-0.25, -0.2) is 4.39 Å². The van der Waals surface area contributed by atoms with Crippen molar-refractivity contribution in [2.24, 2.45) is 5.92 Å². The lowest BCUT2D eigenvalue weighted by Crippen LogP contribution is -2.32. The highest BCUT2D eigenvalue weighted by molar-refractivity contribution is 5.68. The Labute approximate surface area is 95.7 Å². The molecule has 1 aromatic carbocycles. The van der Waals surface area contributed by atoms with Gasteiger partial charge in [0.15, 0.2) is 0 Å². The molecule has 16 heavy (non-hydrogen) atoms. The predicted molar refractivity (Wildman–Crippen MR) is 61.8 cm³/mol. The smallest absolute Gasteiger partial charge is 0.130 e. The third-order valence-corrected chi connectivity index (χ3v) is 3.79. The summed E-state index contributed by atoms with van der Waals surface area (Å²) in [6, 6.07) is 6.49. The summed E-state index contributed by atoms with van der Waals surface area (Å²) in [4.78, 5) is 11.4. The molecule has 2 rings (SSSR count). The summed E-state index contributed by atoms with van der Waals surface area (Å²) in [5, 5.41) is 0. The van der Waals surface area contributed by atoms with Crippen LogP contribution in [0.3, 0.4) is 0 Å². The molecular formula is C14H17FO. The molecule has 0 unspecified atom stereocenters. The molecule has 0 heterocycles. The minimum Gasteiger partial charge on any atom is -0.302 e. The van der Waals surface area contributed by atoms with E-state index in [0.717, 1.165) is 37.5 Å². The van der Waals surface area contributed by atoms with Crippen LogP contribution in [0.25, 0.3) is 0 Å². The van der Waals surface area contributed by atoms with E-state index >= 15 is 0 Å². The van der Waals surface area contributed by atoms with Crippen molar-refractivity contribution in [1.29, 1.82) is 0 Å². The van der Waals surface area contributed by atoms with E-state index in [0.29, 0.717) is 5.92 Å². The summed E-state index contributed by atoms with van der Waals surface area (Å²) < 4.78 is 13.2. The number of carbonyl (C=O) groups is 1. The Kier molecular flexibility index (Phi) is 3.08. The van der Waals surface area contributed by atoms with Crippen molar-refractivity contribution in [3.8, 4) is 0 Å². The summed E-state index contributed by atoms with van der Waals surface area (Å²) in [6.45, 7) is 2.21. The monoisotopic (exact) mass is 220 g/mol. The van der Waals surface area contributed by atoms with E-state index in [-0.39, 0.29) is 5.82 Å². The Morgan fingerprint density at radius 3 is 2.62 bits per heavy atom. The molecule has 0 radical (unpaired) electrons. The molecule has 0 N–H and O–H groups in total. The summed E-state index contributed by atoms with van der Waals surface area (Å²) in [5.74, 6) is 0.430. The Morgan fingerprint density at radius 2 is 2.06 bits per heavy atom. The third-order valence-electron chi connectivity index (χ3n) is 3.79. The standard InChI is InChI=1S/C14H17FO/c1-11-5-7-14(10-16,8-6-11)12-3-2-4-13(15)9-12/h2-4,9-11H,5-8H2,1H3. The second kappa shape index (κ2) is 4.36. The van der Waals surface area contributed by atoms with Crippen molar-refractivity contribution in [2.75, 3.05) is 0 Å². The van der Waals surface area contributed by atoms with Crippen LogP contribution in [0.5, 0.6) is 0 Å². The van der Waals surface area contributed by atoms with Gasteiger partial charge in [-0.3, -0.25) is 0 Å². The maximum Gasteiger partial charge on any atom is 0.130 e. The van der Waals surface area contributed by atoms with E-state index in [4.69, 9.17) is 0 Å². The lowest BCUT2D eigenvalue weighted by Gasteiger charge is -2.35. The zero-order chi connectivity index (χ0) is 11.6. The van der Waals surface area contributed by atoms with Gasteiger partial charge in [0, 0.05) is 0 Å². The topological polar surface area (TPSA) is 17.1 Å². The number of hydrogen-bond donors (Lipinski definition) is 0. The second-order valence-corrected chi connectivity index (χ2v) is 4.97. The molecule has 1 aliphatic carbocycles. The van der Waals surface area contributed by atoms with E-state index < -0.39 is 5.41 Å². The molecule has 1 aliphatic rings. The van der Waals surface area contributed by atoms with Crippen molar-refractivity contribution in [2.45, 2.75) is 38.0 Å². The van der Waals surface area contributed by atoms with Crippen molar-refractivity contribution >= 4 is 6.29 Å². The average Bonchev–Trinajstić information content (AvgIpc) is 2.31. The van der Waals surface area contributed by atoms with Crippen LogP contribution in [0.2, 0.25) is 0 Å². The molecule has 0 bridgehead atoms. The average molecular weight is 220 g/mol. The van der Waals surface area contributed by atoms with E-state index in [1.165, 1.54) is 12.1 Å². The molecule has 1 aromatic rings. The van der Waals surface area contributed by atoms with Gasteiger partial charge < -0.3 is 4.79 Å². The van der Waals surface area contributed by atoms with E-state index in [1.54, 1.807) is 6.07 Å². The lowest BCUT2D eigenvalue weighted by molar-refractivity contribution is -0.113. The Balaban J connectivity index is 2.31. The van der Waals surface area contributed by atoms with Crippen LogP contribution in [-0.4, -0.2) is 6.29 Å². The van der Waals surface area contributed by atoms with Gasteiger partial charge in [0.1, 0.15) is 12.1 Å². The van der Waals surface area contributed by atoms with Gasteiger partial charge in [0.05, 0.1) is 5.41 Å². The summed E-state index contributed by atoms with van der Waals surface area (Å²) in [7, 11) is 0. The predicted octanol–water partition coefficient (Wildman–Crippen LogP) is 3.47. The maximum atomic E-state index is 13.2. The first-order chi connectivity index (χ1) is 7.66. The van der Waals surface area contributed by atoms with Crippen LogP contribution < -0.4 is 0 Å². The summed E-state index contributed by atoms with van der Waals surface area (Å²) >= 11 is 0. The van der Waals surface area contributed by atoms with E-state index in [2.05, 4.69) is 6.92 Å². The molecule has 1 saturated carbocycles. The Morgan fingerprint density at radius 1 is 1.38 bits per heavy atom. The highest BCUT2D eigenvalue weighted by Crippen LogP contribution is 2.40. The van der Waals surface area contributed by atoms with Gasteiger partial charge in [-0.15, -0.1) is 0 Å².